The number of amides is 1. The summed E-state index contributed by atoms with van der Waals surface area (Å²) in [5.74, 6) is -1.78. The number of hydrogen-bond acceptors (Lipinski definition) is 3. The molecule has 0 radical (unpaired) electrons. The molecule has 1 aliphatic rings. The number of carboxylic acid groups (broad SMARTS) is 1. The summed E-state index contributed by atoms with van der Waals surface area (Å²) < 4.78 is 0. The van der Waals surface area contributed by atoms with E-state index >= 15 is 0 Å². The maximum Gasteiger partial charge on any atom is 0.307 e. The lowest BCUT2D eigenvalue weighted by molar-refractivity contribution is -0.151. The molecule has 114 valence electrons. The first kappa shape index (κ1) is 15.5. The molecular weight excluding hydrogens is 268 g/mol. The van der Waals surface area contributed by atoms with E-state index in [1.165, 1.54) is 0 Å². The van der Waals surface area contributed by atoms with Crippen molar-refractivity contribution in [1.82, 2.24) is 9.88 Å². The lowest BCUT2D eigenvalue weighted by atomic mass is 9.78. The zero-order chi connectivity index (χ0) is 15.2. The van der Waals surface area contributed by atoms with E-state index in [-0.39, 0.29) is 11.8 Å². The Hall–Kier alpha value is -1.91. The third kappa shape index (κ3) is 4.03. The Morgan fingerprint density at radius 2 is 2.00 bits per heavy atom. The van der Waals surface area contributed by atoms with Gasteiger partial charge in [0.1, 0.15) is 0 Å². The van der Waals surface area contributed by atoms with Gasteiger partial charge in [-0.05, 0) is 25.0 Å². The van der Waals surface area contributed by atoms with Crippen LogP contribution in [-0.2, 0) is 16.0 Å². The van der Waals surface area contributed by atoms with Crippen LogP contribution in [0.1, 0.15) is 31.4 Å². The third-order valence-corrected chi connectivity index (χ3v) is 4.21. The van der Waals surface area contributed by atoms with Crippen LogP contribution in [0.2, 0.25) is 0 Å². The molecule has 1 N–H and O–H groups in total. The van der Waals surface area contributed by atoms with Gasteiger partial charge in [-0.2, -0.15) is 0 Å². The molecule has 1 saturated carbocycles. The van der Waals surface area contributed by atoms with Gasteiger partial charge in [0, 0.05) is 31.9 Å². The number of aliphatic carboxylic acids is 1. The Balaban J connectivity index is 1.93. The fourth-order valence-corrected chi connectivity index (χ4v) is 2.94. The fraction of sp³-hybridized carbons (Fsp3) is 0.562. The number of carbonyl (C=O) groups is 2. The van der Waals surface area contributed by atoms with Gasteiger partial charge in [-0.3, -0.25) is 14.6 Å². The molecule has 1 fully saturated rings. The fourth-order valence-electron chi connectivity index (χ4n) is 2.94. The van der Waals surface area contributed by atoms with Gasteiger partial charge < -0.3 is 10.0 Å². The van der Waals surface area contributed by atoms with E-state index in [4.69, 9.17) is 0 Å². The number of pyridine rings is 1. The second kappa shape index (κ2) is 7.20. The van der Waals surface area contributed by atoms with Gasteiger partial charge in [0.25, 0.3) is 0 Å². The first-order chi connectivity index (χ1) is 10.1. The monoisotopic (exact) mass is 290 g/mol. The highest BCUT2D eigenvalue weighted by atomic mass is 16.4. The standard InChI is InChI=1S/C16H22N2O3/c1-18(11-9-12-6-4-5-10-17-12)15(19)13-7-2-3-8-14(13)16(20)21/h4-6,10,13-14H,2-3,7-9,11H2,1H3,(H,20,21). The molecule has 2 rings (SSSR count). The SMILES string of the molecule is CN(CCc1ccccn1)C(=O)C1CCCCC1C(=O)O. The molecule has 1 heterocycles. The molecule has 0 saturated heterocycles. The first-order valence-corrected chi connectivity index (χ1v) is 7.47. The average Bonchev–Trinajstić information content (AvgIpc) is 2.52. The number of nitrogens with zero attached hydrogens (tertiary/aromatic N) is 2. The van der Waals surface area contributed by atoms with Crippen molar-refractivity contribution in [3.63, 3.8) is 0 Å². The lowest BCUT2D eigenvalue weighted by Gasteiger charge is -2.31. The number of hydrogen-bond donors (Lipinski definition) is 1. The highest BCUT2D eigenvalue weighted by Crippen LogP contribution is 2.31. The summed E-state index contributed by atoms with van der Waals surface area (Å²) in [5, 5.41) is 9.27. The van der Waals surface area contributed by atoms with Gasteiger partial charge in [0.15, 0.2) is 0 Å². The molecule has 21 heavy (non-hydrogen) atoms. The zero-order valence-electron chi connectivity index (χ0n) is 12.4. The van der Waals surface area contributed by atoms with Gasteiger partial charge in [0.2, 0.25) is 5.91 Å². The van der Waals surface area contributed by atoms with Crippen LogP contribution in [0, 0.1) is 11.8 Å². The lowest BCUT2D eigenvalue weighted by Crippen LogP contribution is -2.41. The van der Waals surface area contributed by atoms with Crippen LogP contribution in [0.3, 0.4) is 0 Å². The summed E-state index contributed by atoms with van der Waals surface area (Å²) in [6.07, 6.45) is 5.56. The van der Waals surface area contributed by atoms with Crippen molar-refractivity contribution >= 4 is 11.9 Å². The summed E-state index contributed by atoms with van der Waals surface area (Å²) in [5.41, 5.74) is 0.940. The van der Waals surface area contributed by atoms with Crippen LogP contribution in [0.15, 0.2) is 24.4 Å². The van der Waals surface area contributed by atoms with Crippen LogP contribution >= 0.6 is 0 Å². The van der Waals surface area contributed by atoms with Gasteiger partial charge >= 0.3 is 5.97 Å². The molecule has 0 spiro atoms. The van der Waals surface area contributed by atoms with Crippen LogP contribution in [0.5, 0.6) is 0 Å². The largest absolute Gasteiger partial charge is 0.481 e. The summed E-state index contributed by atoms with van der Waals surface area (Å²) in [6, 6.07) is 5.71. The van der Waals surface area contributed by atoms with Crippen LogP contribution in [0.25, 0.3) is 0 Å². The Labute approximate surface area is 125 Å². The molecule has 1 aliphatic carbocycles. The molecular formula is C16H22N2O3. The van der Waals surface area contributed by atoms with Crippen LogP contribution in [-0.4, -0.2) is 40.5 Å². The Kier molecular flexibility index (Phi) is 5.31. The summed E-state index contributed by atoms with van der Waals surface area (Å²) in [4.78, 5) is 29.7. The summed E-state index contributed by atoms with van der Waals surface area (Å²) in [7, 11) is 1.75. The maximum absolute atomic E-state index is 12.5. The van der Waals surface area contributed by atoms with Crippen LogP contribution < -0.4 is 0 Å². The highest BCUT2D eigenvalue weighted by Gasteiger charge is 2.36. The zero-order valence-corrected chi connectivity index (χ0v) is 12.4. The summed E-state index contributed by atoms with van der Waals surface area (Å²) >= 11 is 0. The van der Waals surface area contributed by atoms with Crippen molar-refractivity contribution in [2.45, 2.75) is 32.1 Å². The molecule has 2 unspecified atom stereocenters. The summed E-state index contributed by atoms with van der Waals surface area (Å²) in [6.45, 7) is 0.568. The van der Waals surface area contributed by atoms with Crippen molar-refractivity contribution in [1.29, 1.82) is 0 Å². The normalized spacial score (nSPS) is 21.8. The minimum Gasteiger partial charge on any atom is -0.481 e. The predicted molar refractivity (Wildman–Crippen MR) is 78.7 cm³/mol. The van der Waals surface area contributed by atoms with E-state index in [2.05, 4.69) is 4.98 Å². The number of rotatable bonds is 5. The molecule has 0 aromatic carbocycles. The van der Waals surface area contributed by atoms with E-state index < -0.39 is 11.9 Å². The van der Waals surface area contributed by atoms with E-state index in [0.29, 0.717) is 25.8 Å². The average molecular weight is 290 g/mol. The Bertz CT molecular complexity index is 490. The topological polar surface area (TPSA) is 70.5 Å². The quantitative estimate of drug-likeness (QED) is 0.900. The first-order valence-electron chi connectivity index (χ1n) is 7.47. The molecule has 5 nitrogen and oxygen atoms in total. The molecule has 2 atom stereocenters. The predicted octanol–water partition coefficient (Wildman–Crippen LogP) is 1.97. The highest BCUT2D eigenvalue weighted by molar-refractivity contribution is 5.84. The van der Waals surface area contributed by atoms with E-state index in [1.807, 2.05) is 18.2 Å². The Morgan fingerprint density at radius 3 is 2.62 bits per heavy atom. The van der Waals surface area contributed by atoms with E-state index in [0.717, 1.165) is 18.5 Å². The smallest absolute Gasteiger partial charge is 0.307 e. The van der Waals surface area contributed by atoms with E-state index in [1.54, 1.807) is 18.1 Å². The second-order valence-corrected chi connectivity index (χ2v) is 5.67. The van der Waals surface area contributed by atoms with Crippen LogP contribution in [0.4, 0.5) is 0 Å². The maximum atomic E-state index is 12.5. The molecule has 1 amide bonds. The minimum atomic E-state index is -0.842. The van der Waals surface area contributed by atoms with Crippen molar-refractivity contribution in [2.75, 3.05) is 13.6 Å². The van der Waals surface area contributed by atoms with Gasteiger partial charge in [-0.1, -0.05) is 18.9 Å². The number of carbonyl (C=O) groups excluding carboxylic acids is 1. The molecule has 0 aliphatic heterocycles. The van der Waals surface area contributed by atoms with Crippen molar-refractivity contribution in [3.05, 3.63) is 30.1 Å². The number of aromatic nitrogens is 1. The Morgan fingerprint density at radius 1 is 1.29 bits per heavy atom. The van der Waals surface area contributed by atoms with Gasteiger partial charge in [0.05, 0.1) is 11.8 Å². The molecule has 0 bridgehead atoms. The number of carboxylic acids is 1. The third-order valence-electron chi connectivity index (χ3n) is 4.21. The van der Waals surface area contributed by atoms with Gasteiger partial charge in [-0.15, -0.1) is 0 Å². The van der Waals surface area contributed by atoms with E-state index in [9.17, 15) is 14.7 Å². The van der Waals surface area contributed by atoms with Gasteiger partial charge in [-0.25, -0.2) is 0 Å². The molecule has 5 heteroatoms. The molecule has 1 aromatic rings. The van der Waals surface area contributed by atoms with Crippen molar-refractivity contribution < 1.29 is 14.7 Å². The van der Waals surface area contributed by atoms with Crippen molar-refractivity contribution in [3.8, 4) is 0 Å². The van der Waals surface area contributed by atoms with Crippen molar-refractivity contribution in [2.24, 2.45) is 11.8 Å². The molecule has 1 aromatic heterocycles. The second-order valence-electron chi connectivity index (χ2n) is 5.67. The number of likely N-dealkylation sites (N-methyl/N-ethyl adjacent to an activating group) is 1. The minimum absolute atomic E-state index is 0.0435.